The van der Waals surface area contributed by atoms with Crippen LogP contribution in [0.2, 0.25) is 0 Å². The van der Waals surface area contributed by atoms with Crippen molar-refractivity contribution in [1.82, 2.24) is 20.0 Å². The van der Waals surface area contributed by atoms with Crippen molar-refractivity contribution in [3.05, 3.63) is 60.3 Å². The van der Waals surface area contributed by atoms with E-state index in [9.17, 15) is 18.0 Å². The molecule has 0 saturated carbocycles. The molecule has 25 heavy (non-hydrogen) atoms. The zero-order valence-corrected chi connectivity index (χ0v) is 12.4. The predicted octanol–water partition coefficient (Wildman–Crippen LogP) is 2.66. The zero-order chi connectivity index (χ0) is 17.8. The molecule has 3 rings (SSSR count). The van der Waals surface area contributed by atoms with Crippen molar-refractivity contribution in [3.63, 3.8) is 0 Å². The van der Waals surface area contributed by atoms with Gasteiger partial charge in [0.2, 0.25) is 0 Å². The summed E-state index contributed by atoms with van der Waals surface area (Å²) in [6.45, 7) is -3.06. The molecule has 0 atom stereocenters. The summed E-state index contributed by atoms with van der Waals surface area (Å²) in [6.07, 6.45) is 2.48. The summed E-state index contributed by atoms with van der Waals surface area (Å²) in [4.78, 5) is 17.1. The summed E-state index contributed by atoms with van der Waals surface area (Å²) in [5.74, 6) is -1.59. The molecule has 0 radical (unpaired) electrons. The van der Waals surface area contributed by atoms with Crippen molar-refractivity contribution in [2.75, 3.05) is 5.32 Å². The Morgan fingerprint density at radius 3 is 2.68 bits per heavy atom. The molecule has 1 amide bonds. The van der Waals surface area contributed by atoms with Crippen LogP contribution in [0.1, 0.15) is 10.5 Å². The Labute approximate surface area is 139 Å². The summed E-state index contributed by atoms with van der Waals surface area (Å²) in [5.41, 5.74) is 0.359. The van der Waals surface area contributed by atoms with E-state index in [2.05, 4.69) is 25.2 Å². The van der Waals surface area contributed by atoms with Crippen LogP contribution in [0.4, 0.5) is 19.0 Å². The van der Waals surface area contributed by atoms with Crippen LogP contribution in [0.5, 0.6) is 5.75 Å². The predicted molar refractivity (Wildman–Crippen MR) is 80.1 cm³/mol. The number of ether oxygens (including phenoxy) is 1. The number of carbonyl (C=O) groups excluding carboxylic acids is 1. The highest BCUT2D eigenvalue weighted by Crippen LogP contribution is 2.23. The van der Waals surface area contributed by atoms with Gasteiger partial charge in [-0.15, -0.1) is 5.10 Å². The van der Waals surface area contributed by atoms with E-state index < -0.39 is 18.3 Å². The standard InChI is InChI=1S/C15H10F3N5O2/c16-9-3-5-10(6-4-9)23-20-8-11(22-23)14(24)21-13-12(25-15(17)18)2-1-7-19-13/h1-8,15H,(H,19,21,24). The fourth-order valence-corrected chi connectivity index (χ4v) is 1.91. The number of aromatic nitrogens is 4. The highest BCUT2D eigenvalue weighted by atomic mass is 19.3. The minimum Gasteiger partial charge on any atom is -0.431 e. The van der Waals surface area contributed by atoms with Crippen LogP contribution < -0.4 is 10.1 Å². The molecule has 1 N–H and O–H groups in total. The molecule has 0 aliphatic rings. The first-order valence-electron chi connectivity index (χ1n) is 6.92. The molecular formula is C15H10F3N5O2. The monoisotopic (exact) mass is 349 g/mol. The smallest absolute Gasteiger partial charge is 0.387 e. The molecule has 0 fully saturated rings. The molecule has 1 aromatic carbocycles. The Kier molecular flexibility index (Phi) is 4.59. The number of anilines is 1. The topological polar surface area (TPSA) is 81.9 Å². The van der Waals surface area contributed by atoms with Crippen LogP contribution in [0, 0.1) is 5.82 Å². The van der Waals surface area contributed by atoms with E-state index in [-0.39, 0.29) is 17.3 Å². The Morgan fingerprint density at radius 1 is 1.20 bits per heavy atom. The van der Waals surface area contributed by atoms with E-state index in [0.717, 1.165) is 4.80 Å². The zero-order valence-electron chi connectivity index (χ0n) is 12.4. The number of nitrogens with zero attached hydrogens (tertiary/aromatic N) is 4. The summed E-state index contributed by atoms with van der Waals surface area (Å²) in [6, 6.07) is 7.94. The molecule has 0 unspecified atom stereocenters. The molecule has 2 aromatic heterocycles. The number of halogens is 3. The summed E-state index contributed by atoms with van der Waals surface area (Å²) < 4.78 is 41.9. The second-order valence-electron chi connectivity index (χ2n) is 4.68. The quantitative estimate of drug-likeness (QED) is 0.766. The first-order chi connectivity index (χ1) is 12.0. The van der Waals surface area contributed by atoms with E-state index in [1.807, 2.05) is 0 Å². The van der Waals surface area contributed by atoms with E-state index in [0.29, 0.717) is 5.69 Å². The largest absolute Gasteiger partial charge is 0.431 e. The van der Waals surface area contributed by atoms with Gasteiger partial charge in [0.05, 0.1) is 11.9 Å². The number of benzene rings is 1. The third kappa shape index (κ3) is 3.91. The molecule has 3 aromatic rings. The Bertz CT molecular complexity index is 883. The highest BCUT2D eigenvalue weighted by molar-refractivity contribution is 6.02. The van der Waals surface area contributed by atoms with Crippen molar-refractivity contribution >= 4 is 11.7 Å². The van der Waals surface area contributed by atoms with E-state index in [1.54, 1.807) is 0 Å². The van der Waals surface area contributed by atoms with Gasteiger partial charge in [0.1, 0.15) is 5.82 Å². The van der Waals surface area contributed by atoms with Crippen molar-refractivity contribution in [1.29, 1.82) is 0 Å². The number of alkyl halides is 2. The fraction of sp³-hybridized carbons (Fsp3) is 0.0667. The minimum absolute atomic E-state index is 0.0852. The van der Waals surface area contributed by atoms with Crippen LogP contribution >= 0.6 is 0 Å². The SMILES string of the molecule is O=C(Nc1ncccc1OC(F)F)c1cnn(-c2ccc(F)cc2)n1. The van der Waals surface area contributed by atoms with E-state index in [1.165, 1.54) is 48.8 Å². The van der Waals surface area contributed by atoms with Crippen LogP contribution in [0.25, 0.3) is 5.69 Å². The lowest BCUT2D eigenvalue weighted by Crippen LogP contribution is -2.16. The van der Waals surface area contributed by atoms with Crippen molar-refractivity contribution in [3.8, 4) is 11.4 Å². The molecule has 2 heterocycles. The van der Waals surface area contributed by atoms with Crippen LogP contribution in [-0.4, -0.2) is 32.5 Å². The molecule has 0 aliphatic carbocycles. The number of carbonyl (C=O) groups is 1. The van der Waals surface area contributed by atoms with Gasteiger partial charge in [0.15, 0.2) is 17.3 Å². The average Bonchev–Trinajstić information content (AvgIpc) is 3.07. The second kappa shape index (κ2) is 6.99. The van der Waals surface area contributed by atoms with E-state index >= 15 is 0 Å². The van der Waals surface area contributed by atoms with Crippen molar-refractivity contribution in [2.24, 2.45) is 0 Å². The fourth-order valence-electron chi connectivity index (χ4n) is 1.91. The maximum absolute atomic E-state index is 12.9. The third-order valence-electron chi connectivity index (χ3n) is 3.00. The molecule has 0 aliphatic heterocycles. The molecule has 0 spiro atoms. The minimum atomic E-state index is -3.06. The molecular weight excluding hydrogens is 339 g/mol. The lowest BCUT2D eigenvalue weighted by Gasteiger charge is -2.09. The van der Waals surface area contributed by atoms with Gasteiger partial charge in [-0.2, -0.15) is 18.7 Å². The van der Waals surface area contributed by atoms with E-state index in [4.69, 9.17) is 0 Å². The van der Waals surface area contributed by atoms with Gasteiger partial charge in [0, 0.05) is 6.20 Å². The summed E-state index contributed by atoms with van der Waals surface area (Å²) in [5, 5.41) is 10.2. The van der Waals surface area contributed by atoms with Crippen molar-refractivity contribution < 1.29 is 22.7 Å². The van der Waals surface area contributed by atoms with Gasteiger partial charge in [-0.1, -0.05) is 0 Å². The van der Waals surface area contributed by atoms with Crippen LogP contribution in [0.3, 0.4) is 0 Å². The Hall–Kier alpha value is -3.43. The Balaban J connectivity index is 1.78. The lowest BCUT2D eigenvalue weighted by molar-refractivity contribution is -0.0495. The number of hydrogen-bond donors (Lipinski definition) is 1. The number of amides is 1. The summed E-state index contributed by atoms with van der Waals surface area (Å²) in [7, 11) is 0. The second-order valence-corrected chi connectivity index (χ2v) is 4.68. The van der Waals surface area contributed by atoms with Gasteiger partial charge >= 0.3 is 6.61 Å². The Morgan fingerprint density at radius 2 is 1.96 bits per heavy atom. The maximum Gasteiger partial charge on any atom is 0.387 e. The molecule has 0 bridgehead atoms. The van der Waals surface area contributed by atoms with Gasteiger partial charge in [0.25, 0.3) is 5.91 Å². The first-order valence-corrected chi connectivity index (χ1v) is 6.92. The van der Waals surface area contributed by atoms with Gasteiger partial charge < -0.3 is 10.1 Å². The highest BCUT2D eigenvalue weighted by Gasteiger charge is 2.16. The van der Waals surface area contributed by atoms with Gasteiger partial charge in [-0.05, 0) is 36.4 Å². The van der Waals surface area contributed by atoms with Gasteiger partial charge in [-0.3, -0.25) is 4.79 Å². The number of hydrogen-bond acceptors (Lipinski definition) is 5. The van der Waals surface area contributed by atoms with Crippen molar-refractivity contribution in [2.45, 2.75) is 6.61 Å². The third-order valence-corrected chi connectivity index (χ3v) is 3.00. The van der Waals surface area contributed by atoms with Crippen LogP contribution in [0.15, 0.2) is 48.8 Å². The number of rotatable bonds is 5. The summed E-state index contributed by atoms with van der Waals surface area (Å²) >= 11 is 0. The number of pyridine rings is 1. The molecule has 7 nitrogen and oxygen atoms in total. The first kappa shape index (κ1) is 16.4. The normalized spacial score (nSPS) is 10.7. The maximum atomic E-state index is 12.9. The molecule has 0 saturated heterocycles. The average molecular weight is 349 g/mol. The molecule has 10 heteroatoms. The van der Waals surface area contributed by atoms with Crippen LogP contribution in [-0.2, 0) is 0 Å². The lowest BCUT2D eigenvalue weighted by atomic mass is 10.3. The number of nitrogens with one attached hydrogen (secondary N) is 1. The van der Waals surface area contributed by atoms with Gasteiger partial charge in [-0.25, -0.2) is 9.37 Å². The molecule has 128 valence electrons.